The van der Waals surface area contributed by atoms with E-state index in [1.165, 1.54) is 6.20 Å². The quantitative estimate of drug-likeness (QED) is 0.563. The largest absolute Gasteiger partial charge is 0.417 e. The number of halogens is 5. The fourth-order valence-electron chi connectivity index (χ4n) is 3.77. The number of fused-ring (bicyclic) bond motifs is 4. The highest BCUT2D eigenvalue weighted by molar-refractivity contribution is 6.31. The van der Waals surface area contributed by atoms with Crippen molar-refractivity contribution >= 4 is 23.3 Å². The summed E-state index contributed by atoms with van der Waals surface area (Å²) in [5.41, 5.74) is 0.495. The Balaban J connectivity index is 1.56. The molecule has 4 rings (SSSR count). The zero-order valence-electron chi connectivity index (χ0n) is 13.7. The molecule has 2 atom stereocenters. The zero-order valence-corrected chi connectivity index (χ0v) is 14.5. The predicted octanol–water partition coefficient (Wildman–Crippen LogP) is 4.58. The van der Waals surface area contributed by atoms with Gasteiger partial charge in [0, 0.05) is 29.9 Å². The van der Waals surface area contributed by atoms with Crippen molar-refractivity contribution in [3.8, 4) is 0 Å². The maximum absolute atomic E-state index is 13.3. The lowest BCUT2D eigenvalue weighted by Gasteiger charge is -2.35. The Morgan fingerprint density at radius 2 is 2.07 bits per heavy atom. The molecule has 2 aliphatic heterocycles. The van der Waals surface area contributed by atoms with Gasteiger partial charge in [-0.05, 0) is 31.0 Å². The summed E-state index contributed by atoms with van der Waals surface area (Å²) in [6, 6.07) is 2.17. The number of rotatable bonds is 1. The first-order valence-corrected chi connectivity index (χ1v) is 8.59. The van der Waals surface area contributed by atoms with E-state index in [1.54, 1.807) is 4.90 Å². The molecule has 0 spiro atoms. The Morgan fingerprint density at radius 1 is 1.30 bits per heavy atom. The fourth-order valence-corrected chi connectivity index (χ4v) is 4.06. The number of hydrogen-bond donors (Lipinski definition) is 1. The molecule has 10 heteroatoms. The van der Waals surface area contributed by atoms with Gasteiger partial charge in [0.05, 0.1) is 22.3 Å². The molecular formula is C17H13ClF4N4O. The highest BCUT2D eigenvalue weighted by Gasteiger charge is 2.43. The fraction of sp³-hybridized carbons (Fsp3) is 0.353. The SMILES string of the molecule is O=C(Nc1ccc(C(F)(F)F)c(Cl)c1)N1[C@@H]2CC[C@H]1c1cnc(F)nc1C2. The second kappa shape index (κ2) is 6.33. The molecule has 0 unspecified atom stereocenters. The Kier molecular flexibility index (Phi) is 4.21. The maximum Gasteiger partial charge on any atom is 0.417 e. The summed E-state index contributed by atoms with van der Waals surface area (Å²) in [6.45, 7) is 0. The smallest absolute Gasteiger partial charge is 0.314 e. The lowest BCUT2D eigenvalue weighted by molar-refractivity contribution is -0.137. The van der Waals surface area contributed by atoms with Crippen molar-refractivity contribution in [3.63, 3.8) is 0 Å². The van der Waals surface area contributed by atoms with Gasteiger partial charge in [0.15, 0.2) is 0 Å². The minimum absolute atomic E-state index is 0.151. The van der Waals surface area contributed by atoms with Crippen LogP contribution in [-0.4, -0.2) is 26.9 Å². The standard InChI is InChI=1S/C17H13ClF4N4O/c18-12-5-8(1-3-11(12)17(20,21)22)24-16(27)26-9-2-4-14(26)10-7-23-15(19)25-13(10)6-9/h1,3,5,7,9,14H,2,4,6H2,(H,24,27)/t9-,14+/m1/s1. The first-order valence-electron chi connectivity index (χ1n) is 8.21. The van der Waals surface area contributed by atoms with Crippen molar-refractivity contribution in [2.45, 2.75) is 37.5 Å². The van der Waals surface area contributed by atoms with Gasteiger partial charge in [0.1, 0.15) is 0 Å². The Labute approximate surface area is 156 Å². The Bertz CT molecular complexity index is 920. The number of anilines is 1. The number of carbonyl (C=O) groups excluding carboxylic acids is 1. The van der Waals surface area contributed by atoms with Gasteiger partial charge in [0.25, 0.3) is 0 Å². The van der Waals surface area contributed by atoms with E-state index in [2.05, 4.69) is 15.3 Å². The molecule has 0 aliphatic carbocycles. The molecule has 142 valence electrons. The molecule has 0 radical (unpaired) electrons. The van der Waals surface area contributed by atoms with Crippen LogP contribution in [0.5, 0.6) is 0 Å². The van der Waals surface area contributed by atoms with Crippen molar-refractivity contribution in [2.75, 3.05) is 5.32 Å². The summed E-state index contributed by atoms with van der Waals surface area (Å²) in [5, 5.41) is 2.10. The molecule has 1 aromatic carbocycles. The number of amides is 2. The minimum atomic E-state index is -4.56. The number of urea groups is 1. The molecule has 2 aliphatic rings. The van der Waals surface area contributed by atoms with Crippen LogP contribution in [0.4, 0.5) is 28.0 Å². The van der Waals surface area contributed by atoms with Crippen LogP contribution in [0.3, 0.4) is 0 Å². The summed E-state index contributed by atoms with van der Waals surface area (Å²) in [4.78, 5) is 21.7. The molecule has 27 heavy (non-hydrogen) atoms. The average Bonchev–Trinajstić information content (AvgIpc) is 2.89. The second-order valence-electron chi connectivity index (χ2n) is 6.52. The lowest BCUT2D eigenvalue weighted by Crippen LogP contribution is -2.44. The van der Waals surface area contributed by atoms with Gasteiger partial charge < -0.3 is 10.2 Å². The van der Waals surface area contributed by atoms with E-state index in [1.807, 2.05) is 0 Å². The predicted molar refractivity (Wildman–Crippen MR) is 88.8 cm³/mol. The van der Waals surface area contributed by atoms with E-state index in [9.17, 15) is 22.4 Å². The third-order valence-corrected chi connectivity index (χ3v) is 5.23. The topological polar surface area (TPSA) is 58.1 Å². The van der Waals surface area contributed by atoms with Crippen LogP contribution in [-0.2, 0) is 12.6 Å². The molecule has 5 nitrogen and oxygen atoms in total. The van der Waals surface area contributed by atoms with Crippen LogP contribution in [0.15, 0.2) is 24.4 Å². The second-order valence-corrected chi connectivity index (χ2v) is 6.93. The number of nitrogens with one attached hydrogen (secondary N) is 1. The Morgan fingerprint density at radius 3 is 2.78 bits per heavy atom. The minimum Gasteiger partial charge on any atom is -0.314 e. The van der Waals surface area contributed by atoms with Crippen molar-refractivity contribution in [1.29, 1.82) is 0 Å². The first kappa shape index (κ1) is 18.0. The molecule has 2 bridgehead atoms. The van der Waals surface area contributed by atoms with Crippen molar-refractivity contribution < 1.29 is 22.4 Å². The van der Waals surface area contributed by atoms with Gasteiger partial charge >= 0.3 is 18.3 Å². The summed E-state index contributed by atoms with van der Waals surface area (Å²) in [7, 11) is 0. The molecule has 0 saturated carbocycles. The van der Waals surface area contributed by atoms with Gasteiger partial charge in [-0.1, -0.05) is 11.6 Å². The van der Waals surface area contributed by atoms with E-state index in [-0.39, 0.29) is 17.8 Å². The summed E-state index contributed by atoms with van der Waals surface area (Å²) < 4.78 is 51.6. The monoisotopic (exact) mass is 400 g/mol. The highest BCUT2D eigenvalue weighted by Crippen LogP contribution is 2.43. The van der Waals surface area contributed by atoms with Crippen LogP contribution in [0.2, 0.25) is 5.02 Å². The average molecular weight is 401 g/mol. The third kappa shape index (κ3) is 3.20. The molecule has 1 saturated heterocycles. The van der Waals surface area contributed by atoms with E-state index in [0.29, 0.717) is 24.1 Å². The van der Waals surface area contributed by atoms with Crippen molar-refractivity contribution in [3.05, 3.63) is 52.3 Å². The lowest BCUT2D eigenvalue weighted by atomic mass is 10.00. The highest BCUT2D eigenvalue weighted by atomic mass is 35.5. The van der Waals surface area contributed by atoms with E-state index >= 15 is 0 Å². The van der Waals surface area contributed by atoms with Crippen molar-refractivity contribution in [2.24, 2.45) is 0 Å². The molecular weight excluding hydrogens is 388 g/mol. The van der Waals surface area contributed by atoms with Crippen molar-refractivity contribution in [1.82, 2.24) is 14.9 Å². The number of hydrogen-bond acceptors (Lipinski definition) is 3. The van der Waals surface area contributed by atoms with Gasteiger partial charge in [-0.25, -0.2) is 14.8 Å². The van der Waals surface area contributed by atoms with Crippen LogP contribution in [0.1, 0.15) is 35.7 Å². The number of nitrogens with zero attached hydrogens (tertiary/aromatic N) is 3. The number of aromatic nitrogens is 2. The molecule has 1 fully saturated rings. The van der Waals surface area contributed by atoms with Gasteiger partial charge in [-0.2, -0.15) is 17.6 Å². The molecule has 1 aromatic heterocycles. The maximum atomic E-state index is 13.3. The molecule has 2 amide bonds. The van der Waals surface area contributed by atoms with E-state index in [4.69, 9.17) is 11.6 Å². The normalized spacial score (nSPS) is 21.1. The zero-order chi connectivity index (χ0) is 19.3. The molecule has 1 N–H and O–H groups in total. The summed E-state index contributed by atoms with van der Waals surface area (Å²) in [6.07, 6.45) is -2.15. The van der Waals surface area contributed by atoms with Gasteiger partial charge in [0.2, 0.25) is 0 Å². The number of alkyl halides is 3. The van der Waals surface area contributed by atoms with Crippen LogP contribution >= 0.6 is 11.6 Å². The Hall–Kier alpha value is -2.42. The number of benzene rings is 1. The van der Waals surface area contributed by atoms with Gasteiger partial charge in [-0.3, -0.25) is 0 Å². The van der Waals surface area contributed by atoms with Crippen LogP contribution in [0.25, 0.3) is 0 Å². The van der Waals surface area contributed by atoms with Gasteiger partial charge in [-0.15, -0.1) is 0 Å². The van der Waals surface area contributed by atoms with E-state index < -0.39 is 28.9 Å². The third-order valence-electron chi connectivity index (χ3n) is 4.92. The van der Waals surface area contributed by atoms with Crippen LogP contribution in [0, 0.1) is 6.08 Å². The molecule has 2 aromatic rings. The summed E-state index contributed by atoms with van der Waals surface area (Å²) in [5.74, 6) is 0. The molecule has 3 heterocycles. The van der Waals surface area contributed by atoms with Crippen LogP contribution < -0.4 is 5.32 Å². The summed E-state index contributed by atoms with van der Waals surface area (Å²) >= 11 is 5.70. The first-order chi connectivity index (χ1) is 12.7. The van der Waals surface area contributed by atoms with E-state index in [0.717, 1.165) is 24.6 Å². The number of carbonyl (C=O) groups is 1.